The molecule has 3 heteroatoms. The normalized spacial score (nSPS) is 13.8. The third kappa shape index (κ3) is 2.25. The predicted molar refractivity (Wildman–Crippen MR) is 91.1 cm³/mol. The number of benzene rings is 2. The van der Waals surface area contributed by atoms with Crippen molar-refractivity contribution < 1.29 is 0 Å². The van der Waals surface area contributed by atoms with Crippen LogP contribution >= 0.6 is 12.4 Å². The van der Waals surface area contributed by atoms with E-state index in [4.69, 9.17) is 0 Å². The number of hydrogen-bond donors (Lipinski definition) is 2. The Hall–Kier alpha value is -1.77. The highest BCUT2D eigenvalue weighted by Gasteiger charge is 2.18. The van der Waals surface area contributed by atoms with Gasteiger partial charge in [0.2, 0.25) is 0 Å². The van der Waals surface area contributed by atoms with Crippen molar-refractivity contribution in [2.24, 2.45) is 0 Å². The Labute approximate surface area is 131 Å². The van der Waals surface area contributed by atoms with Crippen LogP contribution in [0.15, 0.2) is 42.5 Å². The highest BCUT2D eigenvalue weighted by molar-refractivity contribution is 6.00. The Kier molecular flexibility index (Phi) is 3.75. The maximum Gasteiger partial charge on any atom is 0.0495 e. The largest absolute Gasteiger partial charge is 0.358 e. The molecule has 0 spiro atoms. The minimum absolute atomic E-state index is 0. The van der Waals surface area contributed by atoms with Crippen molar-refractivity contribution in [3.05, 3.63) is 59.3 Å². The molecule has 21 heavy (non-hydrogen) atoms. The fourth-order valence-electron chi connectivity index (χ4n) is 3.25. The lowest BCUT2D eigenvalue weighted by atomic mass is 9.95. The smallest absolute Gasteiger partial charge is 0.0495 e. The molecule has 0 fully saturated rings. The second-order valence-electron chi connectivity index (χ2n) is 5.55. The van der Waals surface area contributed by atoms with Gasteiger partial charge in [0, 0.05) is 36.1 Å². The van der Waals surface area contributed by atoms with Gasteiger partial charge in [-0.3, -0.25) is 0 Å². The molecule has 4 rings (SSSR count). The molecule has 0 saturated heterocycles. The van der Waals surface area contributed by atoms with Gasteiger partial charge >= 0.3 is 0 Å². The summed E-state index contributed by atoms with van der Waals surface area (Å²) in [6.45, 7) is 4.23. The molecule has 1 aliphatic heterocycles. The Balaban J connectivity index is 0.00000132. The summed E-state index contributed by atoms with van der Waals surface area (Å²) in [6, 6.07) is 15.2. The minimum Gasteiger partial charge on any atom is -0.358 e. The first-order valence-electron chi connectivity index (χ1n) is 7.24. The molecule has 2 nitrogen and oxygen atoms in total. The summed E-state index contributed by atoms with van der Waals surface area (Å²) in [5.41, 5.74) is 8.13. The Morgan fingerprint density at radius 1 is 1.00 bits per heavy atom. The van der Waals surface area contributed by atoms with E-state index in [-0.39, 0.29) is 12.4 Å². The lowest BCUT2D eigenvalue weighted by Gasteiger charge is -2.14. The summed E-state index contributed by atoms with van der Waals surface area (Å²) in [5.74, 6) is 0. The second-order valence-corrected chi connectivity index (χ2v) is 5.55. The van der Waals surface area contributed by atoms with Gasteiger partial charge in [-0.15, -0.1) is 12.4 Å². The number of aromatic nitrogens is 1. The fraction of sp³-hybridized carbons (Fsp3) is 0.222. The molecular weight excluding hydrogens is 280 g/mol. The van der Waals surface area contributed by atoms with Crippen LogP contribution in [0.1, 0.15) is 16.8 Å². The van der Waals surface area contributed by atoms with Crippen molar-refractivity contribution in [2.45, 2.75) is 19.9 Å². The zero-order chi connectivity index (χ0) is 13.5. The van der Waals surface area contributed by atoms with Crippen molar-refractivity contribution in [1.29, 1.82) is 0 Å². The molecule has 3 aromatic rings. The fourth-order valence-corrected chi connectivity index (χ4v) is 3.25. The number of halogens is 1. The highest BCUT2D eigenvalue weighted by atomic mass is 35.5. The number of aryl methyl sites for hydroxylation is 1. The summed E-state index contributed by atoms with van der Waals surface area (Å²) in [4.78, 5) is 3.65. The monoisotopic (exact) mass is 298 g/mol. The summed E-state index contributed by atoms with van der Waals surface area (Å²) >= 11 is 0. The standard InChI is InChI=1S/C18H18N2.ClH/c1-12-7-8-14(13-5-3-2-4-6-13)17-15-11-19-10-9-16(15)20-18(12)17;/h2-8,19-20H,9-11H2,1H3;1H. The molecule has 0 bridgehead atoms. The van der Waals surface area contributed by atoms with Crippen molar-refractivity contribution in [1.82, 2.24) is 10.3 Å². The predicted octanol–water partition coefficient (Wildman–Crippen LogP) is 4.21. The van der Waals surface area contributed by atoms with Crippen LogP contribution in [0.4, 0.5) is 0 Å². The average Bonchev–Trinajstić information content (AvgIpc) is 2.89. The molecular formula is C18H19ClN2. The SMILES string of the molecule is Cc1ccc(-c2ccccc2)c2c3c([nH]c12)CCNC3.Cl. The zero-order valence-electron chi connectivity index (χ0n) is 12.1. The van der Waals surface area contributed by atoms with Gasteiger partial charge in [0.15, 0.2) is 0 Å². The maximum absolute atomic E-state index is 3.65. The molecule has 108 valence electrons. The van der Waals surface area contributed by atoms with E-state index in [0.29, 0.717) is 0 Å². The lowest BCUT2D eigenvalue weighted by Crippen LogP contribution is -2.22. The van der Waals surface area contributed by atoms with Gasteiger partial charge in [0.05, 0.1) is 0 Å². The topological polar surface area (TPSA) is 27.8 Å². The molecule has 1 aliphatic rings. The number of hydrogen-bond acceptors (Lipinski definition) is 1. The number of nitrogens with one attached hydrogen (secondary N) is 2. The van der Waals surface area contributed by atoms with Gasteiger partial charge in [-0.1, -0.05) is 42.5 Å². The first-order valence-corrected chi connectivity index (χ1v) is 7.24. The van der Waals surface area contributed by atoms with Gasteiger partial charge in [-0.05, 0) is 29.2 Å². The van der Waals surface area contributed by atoms with Crippen LogP contribution in [0.3, 0.4) is 0 Å². The quantitative estimate of drug-likeness (QED) is 0.692. The molecule has 1 aromatic heterocycles. The van der Waals surface area contributed by atoms with Gasteiger partial charge in [-0.2, -0.15) is 0 Å². The van der Waals surface area contributed by atoms with Crippen LogP contribution in [0.25, 0.3) is 22.0 Å². The molecule has 0 unspecified atom stereocenters. The molecule has 0 aliphatic carbocycles. The van der Waals surface area contributed by atoms with E-state index in [1.165, 1.54) is 38.9 Å². The maximum atomic E-state index is 3.65. The first-order chi connectivity index (χ1) is 9.84. The van der Waals surface area contributed by atoms with E-state index in [1.807, 2.05) is 0 Å². The van der Waals surface area contributed by atoms with Gasteiger partial charge < -0.3 is 10.3 Å². The van der Waals surface area contributed by atoms with Crippen LogP contribution < -0.4 is 5.32 Å². The third-order valence-electron chi connectivity index (χ3n) is 4.29. The highest BCUT2D eigenvalue weighted by Crippen LogP contribution is 2.35. The molecule has 0 atom stereocenters. The summed E-state index contributed by atoms with van der Waals surface area (Å²) in [5, 5.41) is 4.90. The minimum atomic E-state index is 0. The molecule has 2 aromatic carbocycles. The van der Waals surface area contributed by atoms with Crippen molar-refractivity contribution in [3.63, 3.8) is 0 Å². The summed E-state index contributed by atoms with van der Waals surface area (Å²) < 4.78 is 0. The number of aromatic amines is 1. The number of rotatable bonds is 1. The Bertz CT molecular complexity index is 775. The van der Waals surface area contributed by atoms with E-state index in [9.17, 15) is 0 Å². The lowest BCUT2D eigenvalue weighted by molar-refractivity contribution is 0.641. The van der Waals surface area contributed by atoms with Gasteiger partial charge in [0.25, 0.3) is 0 Å². The Morgan fingerprint density at radius 2 is 1.81 bits per heavy atom. The van der Waals surface area contributed by atoms with Crippen LogP contribution in [-0.2, 0) is 13.0 Å². The summed E-state index contributed by atoms with van der Waals surface area (Å²) in [7, 11) is 0. The van der Waals surface area contributed by atoms with Gasteiger partial charge in [0.1, 0.15) is 0 Å². The van der Waals surface area contributed by atoms with Crippen LogP contribution in [-0.4, -0.2) is 11.5 Å². The van der Waals surface area contributed by atoms with E-state index in [2.05, 4.69) is 59.7 Å². The van der Waals surface area contributed by atoms with Crippen molar-refractivity contribution in [3.8, 4) is 11.1 Å². The summed E-state index contributed by atoms with van der Waals surface area (Å²) in [6.07, 6.45) is 1.09. The van der Waals surface area contributed by atoms with Crippen LogP contribution in [0.5, 0.6) is 0 Å². The number of fused-ring (bicyclic) bond motifs is 3. The van der Waals surface area contributed by atoms with E-state index < -0.39 is 0 Å². The number of H-pyrrole nitrogens is 1. The van der Waals surface area contributed by atoms with Crippen molar-refractivity contribution >= 4 is 23.3 Å². The molecule has 0 saturated carbocycles. The average molecular weight is 299 g/mol. The van der Waals surface area contributed by atoms with Gasteiger partial charge in [-0.25, -0.2) is 0 Å². The molecule has 0 amide bonds. The van der Waals surface area contributed by atoms with E-state index >= 15 is 0 Å². The molecule has 2 heterocycles. The molecule has 0 radical (unpaired) electrons. The zero-order valence-corrected chi connectivity index (χ0v) is 12.9. The van der Waals surface area contributed by atoms with Crippen LogP contribution in [0, 0.1) is 6.92 Å². The molecule has 2 N–H and O–H groups in total. The second kappa shape index (κ2) is 5.55. The van der Waals surface area contributed by atoms with E-state index in [1.54, 1.807) is 0 Å². The van der Waals surface area contributed by atoms with Crippen molar-refractivity contribution in [2.75, 3.05) is 6.54 Å². The van der Waals surface area contributed by atoms with E-state index in [0.717, 1.165) is 19.5 Å². The Morgan fingerprint density at radius 3 is 2.62 bits per heavy atom. The first kappa shape index (κ1) is 14.2. The third-order valence-corrected chi connectivity index (χ3v) is 4.29. The van der Waals surface area contributed by atoms with Crippen LogP contribution in [0.2, 0.25) is 0 Å².